The van der Waals surface area contributed by atoms with Gasteiger partial charge < -0.3 is 4.90 Å². The van der Waals surface area contributed by atoms with Crippen LogP contribution in [-0.2, 0) is 5.61 Å². The Morgan fingerprint density at radius 2 is 1.07 bits per heavy atom. The predicted octanol–water partition coefficient (Wildman–Crippen LogP) is 10.2. The van der Waals surface area contributed by atoms with Crippen molar-refractivity contribution in [1.82, 2.24) is 4.90 Å². The fourth-order valence-corrected chi connectivity index (χ4v) is 3.18. The maximum atomic E-state index is 3.27. The Labute approximate surface area is 199 Å². The van der Waals surface area contributed by atoms with E-state index in [9.17, 15) is 0 Å². The number of halogens is 4. The van der Waals surface area contributed by atoms with Crippen LogP contribution in [0.25, 0.3) is 0 Å². The zero-order chi connectivity index (χ0) is 20.2. The van der Waals surface area contributed by atoms with Crippen LogP contribution in [0.5, 0.6) is 0 Å². The number of allylic oxidation sites excluding steroid dienone is 2. The molecule has 0 aromatic carbocycles. The van der Waals surface area contributed by atoms with Crippen molar-refractivity contribution in [1.29, 1.82) is 0 Å². The molecule has 1 aliphatic rings. The molecular weight excluding hydrogens is 641 g/mol. The van der Waals surface area contributed by atoms with E-state index in [2.05, 4.69) is 92.7 Å². The molecule has 1 nitrogen and oxygen atoms in total. The Hall–Kier alpha value is 1.72. The van der Waals surface area contributed by atoms with Crippen molar-refractivity contribution in [2.24, 2.45) is 0 Å². The summed E-state index contributed by atoms with van der Waals surface area (Å²) in [6.07, 6.45) is 28.9. The molecule has 0 bridgehead atoms. The summed E-state index contributed by atoms with van der Waals surface area (Å²) >= 11 is 13.1. The normalized spacial score (nSPS) is 14.2. The van der Waals surface area contributed by atoms with E-state index in [1.165, 1.54) is 96.4 Å². The van der Waals surface area contributed by atoms with E-state index in [1.54, 1.807) is 0 Å². The van der Waals surface area contributed by atoms with Crippen molar-refractivity contribution in [3.05, 3.63) is 24.4 Å². The second-order valence-corrected chi connectivity index (χ2v) is 42.9. The average molecular weight is 680 g/mol. The van der Waals surface area contributed by atoms with Gasteiger partial charge in [-0.3, -0.25) is 0 Å². The van der Waals surface area contributed by atoms with Gasteiger partial charge in [0.25, 0.3) is 0 Å². The maximum absolute atomic E-state index is 3.27. The SMILES string of the molecule is CCCCCCCCCCCCCCCCN1C=CC=CC1.[Br][Mn]([Br])([Br])[Br]. The summed E-state index contributed by atoms with van der Waals surface area (Å²) in [5.74, 6) is 0. The van der Waals surface area contributed by atoms with Gasteiger partial charge in [-0.2, -0.15) is 0 Å². The number of nitrogens with zero attached hydrogens (tertiary/aromatic N) is 1. The first kappa shape index (κ1) is 28.7. The van der Waals surface area contributed by atoms with Crippen molar-refractivity contribution in [3.8, 4) is 0 Å². The molecule has 0 aliphatic carbocycles. The van der Waals surface area contributed by atoms with E-state index in [0.29, 0.717) is 0 Å². The minimum absolute atomic E-state index is 1.11. The summed E-state index contributed by atoms with van der Waals surface area (Å²) in [7, 11) is 0. The van der Waals surface area contributed by atoms with Gasteiger partial charge in [-0.05, 0) is 18.7 Å². The van der Waals surface area contributed by atoms with Gasteiger partial charge in [0.1, 0.15) is 0 Å². The summed E-state index contributed by atoms with van der Waals surface area (Å²) in [6.45, 7) is 4.63. The van der Waals surface area contributed by atoms with Crippen molar-refractivity contribution in [2.75, 3.05) is 13.1 Å². The van der Waals surface area contributed by atoms with Crippen LogP contribution in [0.3, 0.4) is 0 Å². The van der Waals surface area contributed by atoms with Crippen molar-refractivity contribution in [2.45, 2.75) is 96.8 Å². The summed E-state index contributed by atoms with van der Waals surface area (Å²) in [5, 5.41) is 0. The molecule has 1 heterocycles. The average Bonchev–Trinajstić information content (AvgIpc) is 2.61. The van der Waals surface area contributed by atoms with Crippen LogP contribution < -0.4 is 0 Å². The van der Waals surface area contributed by atoms with Crippen molar-refractivity contribution < 1.29 is 5.61 Å². The molecule has 1 aliphatic heterocycles. The summed E-state index contributed by atoms with van der Waals surface area (Å²) in [4.78, 5) is 2.42. The summed E-state index contributed by atoms with van der Waals surface area (Å²) < 4.78 is 0. The van der Waals surface area contributed by atoms with Crippen molar-refractivity contribution in [3.63, 3.8) is 0 Å². The fraction of sp³-hybridized carbons (Fsp3) is 0.810. The molecule has 6 heteroatoms. The molecule has 0 saturated carbocycles. The van der Waals surface area contributed by atoms with Crippen LogP contribution in [0, 0.1) is 0 Å². The Morgan fingerprint density at radius 3 is 1.44 bits per heavy atom. The molecule has 0 unspecified atom stereocenters. The second kappa shape index (κ2) is 21.0. The Morgan fingerprint density at radius 1 is 0.667 bits per heavy atom. The van der Waals surface area contributed by atoms with E-state index in [4.69, 9.17) is 0 Å². The first-order valence-corrected chi connectivity index (χ1v) is 22.2. The molecule has 0 N–H and O–H groups in total. The zero-order valence-corrected chi connectivity index (χ0v) is 24.5. The fourth-order valence-electron chi connectivity index (χ4n) is 3.18. The van der Waals surface area contributed by atoms with E-state index in [1.807, 2.05) is 0 Å². The number of hydrogen-bond acceptors (Lipinski definition) is 1. The summed E-state index contributed by atoms with van der Waals surface area (Å²) in [5.41, 5.74) is -1.38. The molecule has 0 spiro atoms. The second-order valence-electron chi connectivity index (χ2n) is 7.18. The topological polar surface area (TPSA) is 3.24 Å². The summed E-state index contributed by atoms with van der Waals surface area (Å²) in [6, 6.07) is 0. The number of rotatable bonds is 15. The molecule has 0 fully saturated rings. The van der Waals surface area contributed by atoms with Gasteiger partial charge in [-0.15, -0.1) is 0 Å². The van der Waals surface area contributed by atoms with Gasteiger partial charge in [0.2, 0.25) is 0 Å². The Balaban J connectivity index is 0.00000119. The molecule has 0 aromatic rings. The van der Waals surface area contributed by atoms with Gasteiger partial charge in [-0.1, -0.05) is 103 Å². The third-order valence-electron chi connectivity index (χ3n) is 4.68. The Bertz CT molecular complexity index is 364. The van der Waals surface area contributed by atoms with Crippen LogP contribution in [0.15, 0.2) is 24.4 Å². The molecule has 0 saturated heterocycles. The molecular formula is C21H39Br4MnN. The first-order chi connectivity index (χ1) is 12.9. The van der Waals surface area contributed by atoms with Crippen molar-refractivity contribution >= 4 is 56.4 Å². The van der Waals surface area contributed by atoms with Crippen LogP contribution in [-0.4, -0.2) is 18.0 Å². The van der Waals surface area contributed by atoms with E-state index in [-0.39, 0.29) is 0 Å². The zero-order valence-electron chi connectivity index (χ0n) is 17.0. The molecule has 0 atom stereocenters. The molecule has 27 heavy (non-hydrogen) atoms. The molecule has 0 amide bonds. The molecule has 1 rings (SSSR count). The van der Waals surface area contributed by atoms with E-state index >= 15 is 0 Å². The van der Waals surface area contributed by atoms with Crippen LogP contribution >= 0.6 is 56.4 Å². The van der Waals surface area contributed by atoms with Gasteiger partial charge in [0.15, 0.2) is 0 Å². The standard InChI is InChI=1S/C21H39N.4BrH.Mn/c1-2-3-4-5-6-7-8-9-10-11-12-13-14-16-19-22-20-17-15-18-21-22;;;;;/h15,17-18,20H,2-14,16,19,21H2,1H3;4*1H;/q;;;;;+4/p-4. The van der Waals surface area contributed by atoms with Gasteiger partial charge in [0, 0.05) is 13.1 Å². The first-order valence-electron chi connectivity index (χ1n) is 10.6. The van der Waals surface area contributed by atoms with Crippen LogP contribution in [0.1, 0.15) is 96.8 Å². The van der Waals surface area contributed by atoms with E-state index in [0.717, 1.165) is 6.54 Å². The monoisotopic (exact) mass is 676 g/mol. The van der Waals surface area contributed by atoms with Crippen LogP contribution in [0.4, 0.5) is 0 Å². The van der Waals surface area contributed by atoms with E-state index < -0.39 is 5.61 Å². The number of unbranched alkanes of at least 4 members (excludes halogenated alkanes) is 13. The van der Waals surface area contributed by atoms with Gasteiger partial charge in [-0.25, -0.2) is 0 Å². The van der Waals surface area contributed by atoms with Gasteiger partial charge in [0.05, 0.1) is 0 Å². The molecule has 0 aromatic heterocycles. The minimum atomic E-state index is -1.38. The van der Waals surface area contributed by atoms with Gasteiger partial charge >= 0.3 is 62.1 Å². The Kier molecular flexibility index (Phi) is 22.3. The third kappa shape index (κ3) is 27.7. The molecule has 0 radical (unpaired) electrons. The number of hydrogen-bond donors (Lipinski definition) is 0. The van der Waals surface area contributed by atoms with Crippen LogP contribution in [0.2, 0.25) is 0 Å². The predicted molar refractivity (Wildman–Crippen MR) is 136 cm³/mol. The molecule has 163 valence electrons. The third-order valence-corrected chi connectivity index (χ3v) is 4.68. The quantitative estimate of drug-likeness (QED) is 0.123.